The van der Waals surface area contributed by atoms with Crippen molar-refractivity contribution < 1.29 is 36.6 Å². The standard InChI is InChI=1S/C26H29ClF5N5O3/c27-17-2-4-20(21(13-17)36-11-9-35(10-12-36)8-6-26(30,31)32)34-24(39)19-3-1-16(22(28)23(19)29)14-33-25(40)37-7-5-18(38)15-37/h1-4,13,18,38H,5-12,14-15H2,(H,33,40)(H,34,39)/t18-/m1/s1. The van der Waals surface area contributed by atoms with Crippen molar-refractivity contribution in [2.24, 2.45) is 0 Å². The largest absolute Gasteiger partial charge is 0.391 e. The first kappa shape index (κ1) is 29.8. The number of anilines is 2. The minimum absolute atomic E-state index is 0.109. The summed E-state index contributed by atoms with van der Waals surface area (Å²) in [7, 11) is 0. The number of rotatable bonds is 7. The molecule has 2 aliphatic heterocycles. The molecule has 2 aromatic carbocycles. The Hall–Kier alpha value is -3.16. The molecule has 0 unspecified atom stereocenters. The van der Waals surface area contributed by atoms with Crippen molar-refractivity contribution in [1.29, 1.82) is 0 Å². The molecule has 0 bridgehead atoms. The van der Waals surface area contributed by atoms with E-state index in [0.29, 0.717) is 49.9 Å². The molecule has 218 valence electrons. The summed E-state index contributed by atoms with van der Waals surface area (Å²) in [6, 6.07) is 6.42. The highest BCUT2D eigenvalue weighted by Crippen LogP contribution is 2.31. The third kappa shape index (κ3) is 7.52. The summed E-state index contributed by atoms with van der Waals surface area (Å²) in [5, 5.41) is 15.0. The number of carbonyl (C=O) groups excluding carboxylic acids is 2. The number of aliphatic hydroxyl groups is 1. The molecule has 0 radical (unpaired) electrons. The van der Waals surface area contributed by atoms with E-state index in [-0.39, 0.29) is 30.9 Å². The summed E-state index contributed by atoms with van der Waals surface area (Å²) >= 11 is 6.15. The van der Waals surface area contributed by atoms with E-state index in [0.717, 1.165) is 6.07 Å². The Labute approximate surface area is 232 Å². The zero-order valence-electron chi connectivity index (χ0n) is 21.4. The first-order valence-corrected chi connectivity index (χ1v) is 13.1. The van der Waals surface area contributed by atoms with Crippen LogP contribution in [0.2, 0.25) is 5.02 Å². The minimum atomic E-state index is -4.24. The van der Waals surface area contributed by atoms with Crippen molar-refractivity contribution in [2.45, 2.75) is 31.7 Å². The number of hydrogen-bond acceptors (Lipinski definition) is 5. The van der Waals surface area contributed by atoms with E-state index in [1.54, 1.807) is 11.0 Å². The van der Waals surface area contributed by atoms with Crippen LogP contribution in [-0.4, -0.2) is 84.9 Å². The Balaban J connectivity index is 1.40. The third-order valence-electron chi connectivity index (χ3n) is 6.92. The molecule has 4 rings (SSSR count). The number of hydrogen-bond donors (Lipinski definition) is 3. The van der Waals surface area contributed by atoms with Gasteiger partial charge < -0.3 is 25.5 Å². The average Bonchev–Trinajstić information content (AvgIpc) is 3.35. The van der Waals surface area contributed by atoms with E-state index < -0.39 is 47.8 Å². The van der Waals surface area contributed by atoms with Crippen LogP contribution in [0.15, 0.2) is 30.3 Å². The van der Waals surface area contributed by atoms with Crippen LogP contribution in [0.4, 0.5) is 38.1 Å². The monoisotopic (exact) mass is 589 g/mol. The van der Waals surface area contributed by atoms with Crippen molar-refractivity contribution in [3.05, 3.63) is 58.1 Å². The summed E-state index contributed by atoms with van der Waals surface area (Å²) in [4.78, 5) is 30.0. The van der Waals surface area contributed by atoms with Crippen LogP contribution in [0.5, 0.6) is 0 Å². The Morgan fingerprint density at radius 1 is 1.02 bits per heavy atom. The molecule has 1 atom stereocenters. The number of β-amino-alcohol motifs (C(OH)–C–C–N with tert-alkyl or cyclic N) is 1. The highest BCUT2D eigenvalue weighted by Gasteiger charge is 2.29. The number of halogens is 6. The maximum atomic E-state index is 14.9. The molecular weight excluding hydrogens is 561 g/mol. The van der Waals surface area contributed by atoms with E-state index in [9.17, 15) is 36.6 Å². The SMILES string of the molecule is O=C(Nc1ccc(Cl)cc1N1CCN(CCC(F)(F)F)CC1)c1ccc(CNC(=O)N2CC[C@@H](O)C2)c(F)c1F. The molecule has 3 amide bonds. The smallest absolute Gasteiger partial charge is 0.390 e. The molecule has 0 saturated carbocycles. The van der Waals surface area contributed by atoms with Gasteiger partial charge in [0.2, 0.25) is 0 Å². The first-order chi connectivity index (χ1) is 18.9. The summed E-state index contributed by atoms with van der Waals surface area (Å²) in [6.07, 6.45) is -5.32. The second-order valence-corrected chi connectivity index (χ2v) is 10.2. The molecule has 14 heteroatoms. The normalized spacial score (nSPS) is 18.2. The van der Waals surface area contributed by atoms with Gasteiger partial charge in [-0.25, -0.2) is 13.6 Å². The number of carbonyl (C=O) groups is 2. The number of benzene rings is 2. The van der Waals surface area contributed by atoms with Crippen LogP contribution in [0.3, 0.4) is 0 Å². The second kappa shape index (κ2) is 12.6. The van der Waals surface area contributed by atoms with E-state index in [2.05, 4.69) is 10.6 Å². The number of nitrogens with one attached hydrogen (secondary N) is 2. The zero-order valence-corrected chi connectivity index (χ0v) is 22.2. The van der Waals surface area contributed by atoms with Crippen LogP contribution < -0.4 is 15.5 Å². The lowest BCUT2D eigenvalue weighted by Crippen LogP contribution is -2.47. The maximum Gasteiger partial charge on any atom is 0.390 e. The molecule has 0 aromatic heterocycles. The molecule has 8 nitrogen and oxygen atoms in total. The van der Waals surface area contributed by atoms with Crippen LogP contribution in [0.1, 0.15) is 28.8 Å². The van der Waals surface area contributed by atoms with Gasteiger partial charge in [-0.15, -0.1) is 0 Å². The Morgan fingerprint density at radius 2 is 1.75 bits per heavy atom. The van der Waals surface area contributed by atoms with E-state index >= 15 is 0 Å². The van der Waals surface area contributed by atoms with Gasteiger partial charge in [0.25, 0.3) is 5.91 Å². The number of aliphatic hydroxyl groups excluding tert-OH is 1. The molecule has 0 spiro atoms. The summed E-state index contributed by atoms with van der Waals surface area (Å²) in [5.74, 6) is -3.57. The van der Waals surface area contributed by atoms with Crippen LogP contribution in [0, 0.1) is 11.6 Å². The predicted molar refractivity (Wildman–Crippen MR) is 140 cm³/mol. The lowest BCUT2D eigenvalue weighted by atomic mass is 10.1. The summed E-state index contributed by atoms with van der Waals surface area (Å²) in [6.45, 7) is 1.57. The minimum Gasteiger partial charge on any atom is -0.391 e. The van der Waals surface area contributed by atoms with E-state index in [1.807, 2.05) is 4.90 Å². The highest BCUT2D eigenvalue weighted by atomic mass is 35.5. The second-order valence-electron chi connectivity index (χ2n) is 9.76. The molecule has 2 aromatic rings. The Kier molecular flexibility index (Phi) is 9.37. The van der Waals surface area contributed by atoms with Gasteiger partial charge in [0.1, 0.15) is 0 Å². The number of urea groups is 1. The summed E-state index contributed by atoms with van der Waals surface area (Å²) < 4.78 is 67.4. The number of piperazine rings is 1. The Morgan fingerprint density at radius 3 is 2.40 bits per heavy atom. The molecule has 40 heavy (non-hydrogen) atoms. The fraction of sp³-hybridized carbons (Fsp3) is 0.462. The van der Waals surface area contributed by atoms with Gasteiger partial charge in [-0.1, -0.05) is 17.7 Å². The van der Waals surface area contributed by atoms with Gasteiger partial charge >= 0.3 is 12.2 Å². The first-order valence-electron chi connectivity index (χ1n) is 12.7. The quantitative estimate of drug-likeness (QED) is 0.421. The molecule has 2 aliphatic rings. The molecule has 3 N–H and O–H groups in total. The fourth-order valence-corrected chi connectivity index (χ4v) is 4.84. The van der Waals surface area contributed by atoms with Gasteiger partial charge in [-0.2, -0.15) is 13.2 Å². The molecular formula is C26H29ClF5N5O3. The zero-order chi connectivity index (χ0) is 29.0. The molecule has 2 fully saturated rings. The lowest BCUT2D eigenvalue weighted by Gasteiger charge is -2.37. The van der Waals surface area contributed by atoms with Crippen LogP contribution in [0.25, 0.3) is 0 Å². The van der Waals surface area contributed by atoms with Gasteiger partial charge in [-0.05, 0) is 30.7 Å². The van der Waals surface area contributed by atoms with Crippen LogP contribution in [-0.2, 0) is 6.54 Å². The number of amides is 3. The molecule has 2 heterocycles. The topological polar surface area (TPSA) is 88.2 Å². The van der Waals surface area contributed by atoms with Crippen molar-refractivity contribution >= 4 is 34.9 Å². The predicted octanol–water partition coefficient (Wildman–Crippen LogP) is 4.22. The van der Waals surface area contributed by atoms with Crippen molar-refractivity contribution in [3.8, 4) is 0 Å². The third-order valence-corrected chi connectivity index (χ3v) is 7.16. The maximum absolute atomic E-state index is 14.9. The number of nitrogens with zero attached hydrogens (tertiary/aromatic N) is 3. The number of alkyl halides is 3. The molecule has 0 aliphatic carbocycles. The lowest BCUT2D eigenvalue weighted by molar-refractivity contribution is -0.138. The average molecular weight is 590 g/mol. The van der Waals surface area contributed by atoms with Crippen molar-refractivity contribution in [3.63, 3.8) is 0 Å². The van der Waals surface area contributed by atoms with Crippen molar-refractivity contribution in [2.75, 3.05) is 56.0 Å². The van der Waals surface area contributed by atoms with Crippen LogP contribution >= 0.6 is 11.6 Å². The van der Waals surface area contributed by atoms with Gasteiger partial charge in [0, 0.05) is 62.9 Å². The van der Waals surface area contributed by atoms with Gasteiger partial charge in [0.05, 0.1) is 29.5 Å². The Bertz CT molecular complexity index is 1240. The van der Waals surface area contributed by atoms with E-state index in [1.165, 1.54) is 23.1 Å². The van der Waals surface area contributed by atoms with Gasteiger partial charge in [-0.3, -0.25) is 9.69 Å². The number of likely N-dealkylation sites (tertiary alicyclic amines) is 1. The van der Waals surface area contributed by atoms with Gasteiger partial charge in [0.15, 0.2) is 11.6 Å². The highest BCUT2D eigenvalue weighted by molar-refractivity contribution is 6.31. The molecule has 2 saturated heterocycles. The van der Waals surface area contributed by atoms with Crippen molar-refractivity contribution in [1.82, 2.24) is 15.1 Å². The summed E-state index contributed by atoms with van der Waals surface area (Å²) in [5.41, 5.74) is 0.0801. The van der Waals surface area contributed by atoms with E-state index in [4.69, 9.17) is 11.6 Å². The fourth-order valence-electron chi connectivity index (χ4n) is 4.67.